The summed E-state index contributed by atoms with van der Waals surface area (Å²) in [4.78, 5) is 51.3. The van der Waals surface area contributed by atoms with Crippen molar-refractivity contribution in [2.75, 3.05) is 11.9 Å². The van der Waals surface area contributed by atoms with Crippen LogP contribution in [0.2, 0.25) is 0 Å². The maximum absolute atomic E-state index is 13.2. The van der Waals surface area contributed by atoms with E-state index in [0.29, 0.717) is 24.1 Å². The van der Waals surface area contributed by atoms with E-state index in [9.17, 15) is 19.2 Å². The molecule has 2 heterocycles. The van der Waals surface area contributed by atoms with Crippen LogP contribution in [0.25, 0.3) is 0 Å². The van der Waals surface area contributed by atoms with Crippen molar-refractivity contribution in [3.63, 3.8) is 0 Å². The second-order valence-corrected chi connectivity index (χ2v) is 8.63. The molecule has 2 aromatic carbocycles. The quantitative estimate of drug-likeness (QED) is 0.591. The Bertz CT molecular complexity index is 1160. The van der Waals surface area contributed by atoms with Gasteiger partial charge in [-0.15, -0.1) is 0 Å². The third kappa shape index (κ3) is 3.21. The fraction of sp³-hybridized carbons (Fsp3) is 0.333. The molecule has 7 heteroatoms. The minimum Gasteiger partial charge on any atom is -0.326 e. The van der Waals surface area contributed by atoms with Crippen LogP contribution in [0.4, 0.5) is 10.5 Å². The number of amides is 4. The predicted octanol–water partition coefficient (Wildman–Crippen LogP) is 2.71. The van der Waals surface area contributed by atoms with Crippen molar-refractivity contribution in [2.45, 2.75) is 44.6 Å². The molecule has 0 bridgehead atoms. The van der Waals surface area contributed by atoms with E-state index in [1.165, 1.54) is 11.1 Å². The number of urea groups is 1. The number of hydrogen-bond acceptors (Lipinski definition) is 4. The fourth-order valence-electron chi connectivity index (χ4n) is 4.71. The summed E-state index contributed by atoms with van der Waals surface area (Å²) in [6.07, 6.45) is 4.04. The molecule has 4 amide bonds. The Kier molecular flexibility index (Phi) is 4.43. The van der Waals surface area contributed by atoms with Crippen LogP contribution in [0.15, 0.2) is 36.4 Å². The Morgan fingerprint density at radius 3 is 2.61 bits per heavy atom. The number of nitrogens with zero attached hydrogens (tertiary/aromatic N) is 1. The molecule has 1 unspecified atom stereocenters. The number of imide groups is 1. The Hall–Kier alpha value is -3.48. The number of ketones is 1. The second-order valence-electron chi connectivity index (χ2n) is 8.63. The number of benzene rings is 2. The van der Waals surface area contributed by atoms with Gasteiger partial charge in [-0.25, -0.2) is 4.79 Å². The van der Waals surface area contributed by atoms with Crippen LogP contribution in [0, 0.1) is 0 Å². The molecule has 0 aromatic heterocycles. The van der Waals surface area contributed by atoms with Gasteiger partial charge >= 0.3 is 6.03 Å². The highest BCUT2D eigenvalue weighted by Gasteiger charge is 2.49. The molecule has 1 atom stereocenters. The molecule has 5 rings (SSSR count). The Balaban J connectivity index is 1.36. The number of carbonyl (C=O) groups is 4. The molecular weight excluding hydrogens is 394 g/mol. The van der Waals surface area contributed by atoms with Gasteiger partial charge in [0.25, 0.3) is 5.91 Å². The summed E-state index contributed by atoms with van der Waals surface area (Å²) in [7, 11) is 0. The van der Waals surface area contributed by atoms with E-state index in [2.05, 4.69) is 10.6 Å². The minimum atomic E-state index is -1.19. The van der Waals surface area contributed by atoms with Crippen LogP contribution in [0.1, 0.15) is 52.4 Å². The van der Waals surface area contributed by atoms with Gasteiger partial charge in [0.15, 0.2) is 5.78 Å². The number of fused-ring (bicyclic) bond motifs is 2. The lowest BCUT2D eigenvalue weighted by Crippen LogP contribution is -2.41. The highest BCUT2D eigenvalue weighted by Crippen LogP contribution is 2.33. The summed E-state index contributed by atoms with van der Waals surface area (Å²) >= 11 is 0. The Labute approximate surface area is 179 Å². The molecule has 2 aliphatic heterocycles. The average molecular weight is 417 g/mol. The summed E-state index contributed by atoms with van der Waals surface area (Å²) in [5.41, 5.74) is 4.07. The number of hydrogen-bond donors (Lipinski definition) is 2. The summed E-state index contributed by atoms with van der Waals surface area (Å²) in [6.45, 7) is 1.37. The van der Waals surface area contributed by atoms with Crippen molar-refractivity contribution >= 4 is 29.3 Å². The van der Waals surface area contributed by atoms with E-state index < -0.39 is 17.5 Å². The van der Waals surface area contributed by atoms with Crippen LogP contribution >= 0.6 is 0 Å². The van der Waals surface area contributed by atoms with Crippen molar-refractivity contribution in [2.24, 2.45) is 0 Å². The molecule has 1 saturated heterocycles. The van der Waals surface area contributed by atoms with Gasteiger partial charge in [-0.05, 0) is 73.1 Å². The van der Waals surface area contributed by atoms with Gasteiger partial charge in [0, 0.05) is 17.7 Å². The third-order valence-corrected chi connectivity index (χ3v) is 6.58. The van der Waals surface area contributed by atoms with Crippen molar-refractivity contribution in [1.82, 2.24) is 10.2 Å². The van der Waals surface area contributed by atoms with Crippen LogP contribution in [-0.2, 0) is 34.4 Å². The molecule has 1 fully saturated rings. The number of Topliss-reactive ketones (excluding diaryl/α,β-unsaturated/α-hetero) is 1. The summed E-state index contributed by atoms with van der Waals surface area (Å²) in [6, 6.07) is 10.4. The SMILES string of the molecule is CC1(c2ccc3c(c2)CCC3)NC(=O)N(CC(=O)c2ccc3c(c2)CCC(=O)N3)C1=O. The van der Waals surface area contributed by atoms with Crippen molar-refractivity contribution in [1.29, 1.82) is 0 Å². The van der Waals surface area contributed by atoms with E-state index >= 15 is 0 Å². The second kappa shape index (κ2) is 7.04. The minimum absolute atomic E-state index is 0.0447. The Morgan fingerprint density at radius 1 is 0.968 bits per heavy atom. The molecule has 3 aliphatic rings. The zero-order valence-corrected chi connectivity index (χ0v) is 17.3. The van der Waals surface area contributed by atoms with Gasteiger partial charge in [-0.2, -0.15) is 0 Å². The van der Waals surface area contributed by atoms with Crippen molar-refractivity contribution < 1.29 is 19.2 Å². The van der Waals surface area contributed by atoms with E-state index in [4.69, 9.17) is 0 Å². The fourth-order valence-corrected chi connectivity index (χ4v) is 4.71. The predicted molar refractivity (Wildman–Crippen MR) is 114 cm³/mol. The molecule has 2 aromatic rings. The van der Waals surface area contributed by atoms with Crippen LogP contribution in [-0.4, -0.2) is 35.1 Å². The van der Waals surface area contributed by atoms with E-state index in [0.717, 1.165) is 35.3 Å². The van der Waals surface area contributed by atoms with E-state index in [1.54, 1.807) is 25.1 Å². The highest BCUT2D eigenvalue weighted by atomic mass is 16.2. The molecule has 31 heavy (non-hydrogen) atoms. The molecule has 0 saturated carbocycles. The summed E-state index contributed by atoms with van der Waals surface area (Å²) < 4.78 is 0. The molecule has 0 radical (unpaired) electrons. The molecule has 1 aliphatic carbocycles. The van der Waals surface area contributed by atoms with Gasteiger partial charge in [0.05, 0.1) is 6.54 Å². The third-order valence-electron chi connectivity index (χ3n) is 6.58. The molecule has 7 nitrogen and oxygen atoms in total. The smallest absolute Gasteiger partial charge is 0.325 e. The van der Waals surface area contributed by atoms with Crippen molar-refractivity contribution in [3.8, 4) is 0 Å². The lowest BCUT2D eigenvalue weighted by molar-refractivity contribution is -0.130. The first-order chi connectivity index (χ1) is 14.8. The standard InChI is InChI=1S/C24H23N3O4/c1-24(18-8-5-14-3-2-4-15(14)12-18)22(30)27(23(31)26-24)13-20(28)17-6-9-19-16(11-17)7-10-21(29)25-19/h5-6,8-9,11-12H,2-4,7,10,13H2,1H3,(H,25,29)(H,26,31). The first-order valence-electron chi connectivity index (χ1n) is 10.6. The number of aryl methyl sites for hydroxylation is 3. The first kappa shape index (κ1) is 19.5. The number of nitrogens with one attached hydrogen (secondary N) is 2. The molecule has 0 spiro atoms. The lowest BCUT2D eigenvalue weighted by Gasteiger charge is -2.23. The first-order valence-corrected chi connectivity index (χ1v) is 10.6. The largest absolute Gasteiger partial charge is 0.326 e. The summed E-state index contributed by atoms with van der Waals surface area (Å²) in [5, 5.41) is 5.57. The molecule has 2 N–H and O–H groups in total. The monoisotopic (exact) mass is 417 g/mol. The maximum Gasteiger partial charge on any atom is 0.325 e. The van der Waals surface area contributed by atoms with Crippen molar-refractivity contribution in [3.05, 3.63) is 64.2 Å². The molecule has 158 valence electrons. The zero-order chi connectivity index (χ0) is 21.8. The van der Waals surface area contributed by atoms with Crippen LogP contribution in [0.3, 0.4) is 0 Å². The number of anilines is 1. The number of carbonyl (C=O) groups excluding carboxylic acids is 4. The van der Waals surface area contributed by atoms with Crippen LogP contribution in [0.5, 0.6) is 0 Å². The molecular formula is C24H23N3O4. The van der Waals surface area contributed by atoms with Gasteiger partial charge in [0.2, 0.25) is 5.91 Å². The highest BCUT2D eigenvalue weighted by molar-refractivity contribution is 6.11. The van der Waals surface area contributed by atoms with E-state index in [-0.39, 0.29) is 18.2 Å². The van der Waals surface area contributed by atoms with Gasteiger partial charge in [0.1, 0.15) is 5.54 Å². The lowest BCUT2D eigenvalue weighted by atomic mass is 9.89. The number of rotatable bonds is 4. The van der Waals surface area contributed by atoms with Gasteiger partial charge in [-0.1, -0.05) is 18.2 Å². The zero-order valence-electron chi connectivity index (χ0n) is 17.3. The van der Waals surface area contributed by atoms with Crippen LogP contribution < -0.4 is 10.6 Å². The maximum atomic E-state index is 13.2. The topological polar surface area (TPSA) is 95.6 Å². The average Bonchev–Trinajstić information content (AvgIpc) is 3.31. The normalized spacial score (nSPS) is 22.1. The van der Waals surface area contributed by atoms with Gasteiger partial charge in [-0.3, -0.25) is 19.3 Å². The van der Waals surface area contributed by atoms with Gasteiger partial charge < -0.3 is 10.6 Å². The van der Waals surface area contributed by atoms with E-state index in [1.807, 2.05) is 18.2 Å². The Morgan fingerprint density at radius 2 is 1.77 bits per heavy atom. The summed E-state index contributed by atoms with van der Waals surface area (Å²) in [5.74, 6) is -0.785.